The van der Waals surface area contributed by atoms with Crippen molar-refractivity contribution in [3.8, 4) is 11.5 Å². The van der Waals surface area contributed by atoms with E-state index in [0.29, 0.717) is 6.04 Å². The van der Waals surface area contributed by atoms with Crippen LogP contribution in [0.4, 0.5) is 0 Å². The van der Waals surface area contributed by atoms with Gasteiger partial charge >= 0.3 is 0 Å². The third-order valence-corrected chi connectivity index (χ3v) is 2.22. The molecule has 0 bridgehead atoms. The first-order chi connectivity index (χ1) is 6.35. The lowest BCUT2D eigenvalue weighted by Gasteiger charge is -2.08. The topological polar surface area (TPSA) is 40.4 Å². The molecule has 0 aliphatic carbocycles. The summed E-state index contributed by atoms with van der Waals surface area (Å²) in [5.74, 6) is 1.58. The second kappa shape index (κ2) is 3.26. The van der Waals surface area contributed by atoms with Gasteiger partial charge in [0.25, 0.3) is 0 Å². The van der Waals surface area contributed by atoms with E-state index in [0.717, 1.165) is 18.0 Å². The van der Waals surface area contributed by atoms with Crippen LogP contribution in [-0.4, -0.2) is 20.8 Å². The van der Waals surface area contributed by atoms with Crippen LogP contribution in [0.5, 0.6) is 11.5 Å². The van der Waals surface area contributed by atoms with Crippen molar-refractivity contribution in [2.24, 2.45) is 0 Å². The molecule has 0 aromatic heterocycles. The van der Waals surface area contributed by atoms with Gasteiger partial charge in [-0.3, -0.25) is 0 Å². The van der Waals surface area contributed by atoms with E-state index >= 15 is 0 Å². The number of nitrogens with one attached hydrogen (secondary N) is 1. The van der Waals surface area contributed by atoms with Gasteiger partial charge in [-0.2, -0.15) is 0 Å². The van der Waals surface area contributed by atoms with Gasteiger partial charge in [0.15, 0.2) is 11.5 Å². The maximum absolute atomic E-state index is 5.20. The molecule has 1 saturated heterocycles. The van der Waals surface area contributed by atoms with Gasteiger partial charge in [-0.15, -0.1) is 0 Å². The van der Waals surface area contributed by atoms with Gasteiger partial charge in [-0.1, -0.05) is 6.07 Å². The van der Waals surface area contributed by atoms with E-state index in [1.165, 1.54) is 5.56 Å². The van der Waals surface area contributed by atoms with E-state index in [1.807, 2.05) is 12.1 Å². The lowest BCUT2D eigenvalue weighted by Crippen LogP contribution is -1.92. The Balaban J connectivity index is 2.31. The Labute approximate surface area is 77.7 Å². The van der Waals surface area contributed by atoms with Crippen molar-refractivity contribution in [3.05, 3.63) is 23.8 Å². The molecule has 1 atom stereocenters. The molecule has 2 rings (SSSR count). The molecule has 1 aliphatic rings. The van der Waals surface area contributed by atoms with Crippen LogP contribution in [-0.2, 0) is 0 Å². The Hall–Kier alpha value is -1.22. The maximum atomic E-state index is 5.20. The van der Waals surface area contributed by atoms with Crippen molar-refractivity contribution in [1.29, 1.82) is 0 Å². The summed E-state index contributed by atoms with van der Waals surface area (Å²) in [6.07, 6.45) is 0. The van der Waals surface area contributed by atoms with Crippen LogP contribution in [0.15, 0.2) is 18.2 Å². The average molecular weight is 179 g/mol. The quantitative estimate of drug-likeness (QED) is 0.712. The molecule has 1 aromatic carbocycles. The predicted molar refractivity (Wildman–Crippen MR) is 50.3 cm³/mol. The standard InChI is InChI=1S/C10H13NO2/c1-12-9-4-3-7(8-6-11-8)5-10(9)13-2/h3-5,8,11H,6H2,1-2H3/t8-/m1/s1. The molecule has 1 aliphatic heterocycles. The molecular formula is C10H13NO2. The molecule has 3 nitrogen and oxygen atoms in total. The highest BCUT2D eigenvalue weighted by atomic mass is 16.5. The normalized spacial score (nSPS) is 19.7. The van der Waals surface area contributed by atoms with Crippen LogP contribution in [0.3, 0.4) is 0 Å². The van der Waals surface area contributed by atoms with Crippen molar-refractivity contribution >= 4 is 0 Å². The molecule has 0 amide bonds. The van der Waals surface area contributed by atoms with Gasteiger partial charge in [0.05, 0.1) is 14.2 Å². The molecule has 1 aromatic rings. The summed E-state index contributed by atoms with van der Waals surface area (Å²) in [5.41, 5.74) is 1.26. The largest absolute Gasteiger partial charge is 0.493 e. The summed E-state index contributed by atoms with van der Waals surface area (Å²) in [7, 11) is 3.30. The Bertz CT molecular complexity index is 308. The van der Waals surface area contributed by atoms with Crippen molar-refractivity contribution in [2.45, 2.75) is 6.04 Å². The van der Waals surface area contributed by atoms with Crippen LogP contribution in [0.1, 0.15) is 11.6 Å². The van der Waals surface area contributed by atoms with Crippen LogP contribution in [0, 0.1) is 0 Å². The van der Waals surface area contributed by atoms with Gasteiger partial charge in [-0.25, -0.2) is 0 Å². The Kier molecular flexibility index (Phi) is 2.10. The first-order valence-corrected chi connectivity index (χ1v) is 4.30. The Morgan fingerprint density at radius 1 is 1.23 bits per heavy atom. The highest BCUT2D eigenvalue weighted by molar-refractivity contribution is 5.44. The summed E-state index contributed by atoms with van der Waals surface area (Å²) in [6, 6.07) is 6.53. The molecule has 3 heteroatoms. The second-order valence-corrected chi connectivity index (χ2v) is 3.08. The van der Waals surface area contributed by atoms with E-state index < -0.39 is 0 Å². The first-order valence-electron chi connectivity index (χ1n) is 4.30. The average Bonchev–Trinajstić information content (AvgIpc) is 3.00. The summed E-state index contributed by atoms with van der Waals surface area (Å²) in [4.78, 5) is 0. The number of hydrogen-bond donors (Lipinski definition) is 1. The van der Waals surface area contributed by atoms with E-state index in [4.69, 9.17) is 9.47 Å². The molecule has 13 heavy (non-hydrogen) atoms. The number of ether oxygens (including phenoxy) is 2. The zero-order chi connectivity index (χ0) is 9.26. The summed E-state index contributed by atoms with van der Waals surface area (Å²) in [5, 5.41) is 3.24. The second-order valence-electron chi connectivity index (χ2n) is 3.08. The van der Waals surface area contributed by atoms with E-state index in [2.05, 4.69) is 11.4 Å². The van der Waals surface area contributed by atoms with Gasteiger partial charge in [-0.05, 0) is 17.7 Å². The van der Waals surface area contributed by atoms with Crippen LogP contribution >= 0.6 is 0 Å². The summed E-state index contributed by atoms with van der Waals surface area (Å²) < 4.78 is 10.3. The molecule has 0 unspecified atom stereocenters. The minimum absolute atomic E-state index is 0.514. The van der Waals surface area contributed by atoms with Crippen LogP contribution in [0.25, 0.3) is 0 Å². The van der Waals surface area contributed by atoms with Crippen molar-refractivity contribution < 1.29 is 9.47 Å². The van der Waals surface area contributed by atoms with Crippen LogP contribution < -0.4 is 14.8 Å². The molecule has 1 heterocycles. The monoisotopic (exact) mass is 179 g/mol. The molecule has 0 spiro atoms. The predicted octanol–water partition coefficient (Wildman–Crippen LogP) is 1.35. The fraction of sp³-hybridized carbons (Fsp3) is 0.400. The first kappa shape index (κ1) is 8.38. The molecule has 0 radical (unpaired) electrons. The number of hydrogen-bond acceptors (Lipinski definition) is 3. The van der Waals surface area contributed by atoms with E-state index in [9.17, 15) is 0 Å². The molecule has 1 fully saturated rings. The van der Waals surface area contributed by atoms with Crippen LogP contribution in [0.2, 0.25) is 0 Å². The molecule has 0 saturated carbocycles. The van der Waals surface area contributed by atoms with Gasteiger partial charge < -0.3 is 14.8 Å². The smallest absolute Gasteiger partial charge is 0.161 e. The third-order valence-electron chi connectivity index (χ3n) is 2.22. The lowest BCUT2D eigenvalue weighted by atomic mass is 10.1. The number of benzene rings is 1. The fourth-order valence-corrected chi connectivity index (χ4v) is 1.36. The number of rotatable bonds is 3. The Morgan fingerprint density at radius 2 is 1.92 bits per heavy atom. The van der Waals surface area contributed by atoms with Crippen molar-refractivity contribution in [1.82, 2.24) is 5.32 Å². The van der Waals surface area contributed by atoms with Gasteiger partial charge in [0.1, 0.15) is 0 Å². The lowest BCUT2D eigenvalue weighted by molar-refractivity contribution is 0.354. The summed E-state index contributed by atoms with van der Waals surface area (Å²) >= 11 is 0. The molecule has 70 valence electrons. The highest BCUT2D eigenvalue weighted by Gasteiger charge is 2.23. The third kappa shape index (κ3) is 1.60. The minimum Gasteiger partial charge on any atom is -0.493 e. The SMILES string of the molecule is COc1ccc([C@H]2CN2)cc1OC. The number of methoxy groups -OCH3 is 2. The van der Waals surface area contributed by atoms with E-state index in [-0.39, 0.29) is 0 Å². The maximum Gasteiger partial charge on any atom is 0.161 e. The fourth-order valence-electron chi connectivity index (χ4n) is 1.36. The molecular weight excluding hydrogens is 166 g/mol. The highest BCUT2D eigenvalue weighted by Crippen LogP contribution is 2.32. The van der Waals surface area contributed by atoms with Gasteiger partial charge in [0.2, 0.25) is 0 Å². The zero-order valence-electron chi connectivity index (χ0n) is 7.83. The summed E-state index contributed by atoms with van der Waals surface area (Å²) in [6.45, 7) is 1.06. The van der Waals surface area contributed by atoms with Crippen molar-refractivity contribution in [2.75, 3.05) is 20.8 Å². The van der Waals surface area contributed by atoms with E-state index in [1.54, 1.807) is 14.2 Å². The zero-order valence-corrected chi connectivity index (χ0v) is 7.83. The minimum atomic E-state index is 0.514. The Morgan fingerprint density at radius 3 is 2.46 bits per heavy atom. The molecule has 1 N–H and O–H groups in total. The van der Waals surface area contributed by atoms with Gasteiger partial charge in [0, 0.05) is 12.6 Å². The van der Waals surface area contributed by atoms with Crippen molar-refractivity contribution in [3.63, 3.8) is 0 Å².